The molecule has 15 heavy (non-hydrogen) atoms. The zero-order valence-electron chi connectivity index (χ0n) is 8.69. The predicted octanol–water partition coefficient (Wildman–Crippen LogP) is 1.15. The lowest BCUT2D eigenvalue weighted by Crippen LogP contribution is -2.25. The first-order valence-electron chi connectivity index (χ1n) is 4.74. The molecule has 2 aromatic heterocycles. The minimum absolute atomic E-state index is 0.0889. The van der Waals surface area contributed by atoms with Crippen LogP contribution in [0.1, 0.15) is 12.6 Å². The summed E-state index contributed by atoms with van der Waals surface area (Å²) in [7, 11) is 0. The molecule has 6 heteroatoms. The van der Waals surface area contributed by atoms with Crippen LogP contribution in [0.25, 0.3) is 10.3 Å². The minimum Gasteiger partial charge on any atom is -0.353 e. The second-order valence-electron chi connectivity index (χ2n) is 3.50. The van der Waals surface area contributed by atoms with Gasteiger partial charge in [-0.25, -0.2) is 15.0 Å². The van der Waals surface area contributed by atoms with E-state index in [1.165, 1.54) is 11.3 Å². The van der Waals surface area contributed by atoms with E-state index in [0.717, 1.165) is 16.0 Å². The molecule has 0 saturated carbocycles. The summed E-state index contributed by atoms with van der Waals surface area (Å²) in [4.78, 5) is 13.8. The monoisotopic (exact) mass is 223 g/mol. The van der Waals surface area contributed by atoms with E-state index >= 15 is 0 Å². The molecule has 5 nitrogen and oxygen atoms in total. The van der Waals surface area contributed by atoms with Crippen molar-refractivity contribution in [2.75, 3.05) is 11.9 Å². The summed E-state index contributed by atoms with van der Waals surface area (Å²) in [5.74, 6) is 0.626. The number of anilines is 1. The third-order valence-corrected chi connectivity index (χ3v) is 2.67. The lowest BCUT2D eigenvalue weighted by molar-refractivity contribution is 0.774. The van der Waals surface area contributed by atoms with Crippen molar-refractivity contribution in [3.05, 3.63) is 11.2 Å². The lowest BCUT2D eigenvalue weighted by atomic mass is 10.4. The van der Waals surface area contributed by atoms with Gasteiger partial charge in [0, 0.05) is 12.6 Å². The Morgan fingerprint density at radius 3 is 3.07 bits per heavy atom. The van der Waals surface area contributed by atoms with Gasteiger partial charge in [0.05, 0.1) is 11.2 Å². The van der Waals surface area contributed by atoms with Gasteiger partial charge >= 0.3 is 0 Å². The van der Waals surface area contributed by atoms with Crippen LogP contribution in [0.15, 0.2) is 5.51 Å². The molecule has 0 saturated heterocycles. The zero-order chi connectivity index (χ0) is 10.8. The summed E-state index contributed by atoms with van der Waals surface area (Å²) in [6.07, 6.45) is 0. The van der Waals surface area contributed by atoms with Crippen molar-refractivity contribution in [1.29, 1.82) is 0 Å². The van der Waals surface area contributed by atoms with Crippen LogP contribution >= 0.6 is 11.3 Å². The maximum absolute atomic E-state index is 5.64. The van der Waals surface area contributed by atoms with E-state index in [4.69, 9.17) is 5.73 Å². The molecule has 0 amide bonds. The molecule has 0 fully saturated rings. The van der Waals surface area contributed by atoms with Gasteiger partial charge in [-0.05, 0) is 13.8 Å². The maximum Gasteiger partial charge on any atom is 0.224 e. The van der Waals surface area contributed by atoms with Crippen molar-refractivity contribution < 1.29 is 0 Å². The molecule has 2 heterocycles. The average molecular weight is 223 g/mol. The Kier molecular flexibility index (Phi) is 2.79. The van der Waals surface area contributed by atoms with E-state index in [1.807, 2.05) is 13.8 Å². The molecule has 0 aliphatic carbocycles. The lowest BCUT2D eigenvalue weighted by Gasteiger charge is -2.07. The second kappa shape index (κ2) is 4.08. The van der Waals surface area contributed by atoms with E-state index < -0.39 is 0 Å². The summed E-state index contributed by atoms with van der Waals surface area (Å²) in [6, 6.07) is 0.0889. The van der Waals surface area contributed by atoms with Crippen LogP contribution in [0.2, 0.25) is 0 Å². The molecule has 0 aliphatic heterocycles. The van der Waals surface area contributed by atoms with E-state index in [0.29, 0.717) is 12.5 Å². The summed E-state index contributed by atoms with van der Waals surface area (Å²) >= 11 is 1.52. The Hall–Kier alpha value is -1.27. The van der Waals surface area contributed by atoms with Crippen molar-refractivity contribution in [2.24, 2.45) is 5.73 Å². The van der Waals surface area contributed by atoms with E-state index in [-0.39, 0.29) is 6.04 Å². The molecule has 2 aromatic rings. The molecule has 3 N–H and O–H groups in total. The van der Waals surface area contributed by atoms with Crippen molar-refractivity contribution in [2.45, 2.75) is 19.9 Å². The number of fused-ring (bicyclic) bond motifs is 1. The maximum atomic E-state index is 5.64. The van der Waals surface area contributed by atoms with E-state index in [2.05, 4.69) is 20.3 Å². The molecule has 0 bridgehead atoms. The Labute approximate surface area is 91.8 Å². The standard InChI is InChI=1S/C9H13N5S/c1-5(10)3-11-9-13-6(2)7-8(14-9)15-4-12-7/h4-5H,3,10H2,1-2H3,(H,11,13,14). The third-order valence-electron chi connectivity index (χ3n) is 1.95. The fourth-order valence-electron chi connectivity index (χ4n) is 1.23. The Morgan fingerprint density at radius 2 is 2.33 bits per heavy atom. The molecule has 0 aliphatic rings. The van der Waals surface area contributed by atoms with Gasteiger partial charge in [0.15, 0.2) is 0 Å². The molecule has 1 atom stereocenters. The highest BCUT2D eigenvalue weighted by Gasteiger charge is 2.06. The van der Waals surface area contributed by atoms with Gasteiger partial charge in [-0.1, -0.05) is 0 Å². The molecule has 80 valence electrons. The van der Waals surface area contributed by atoms with Crippen LogP contribution in [0, 0.1) is 6.92 Å². The van der Waals surface area contributed by atoms with Gasteiger partial charge in [0.25, 0.3) is 0 Å². The average Bonchev–Trinajstić information content (AvgIpc) is 2.63. The largest absolute Gasteiger partial charge is 0.353 e. The van der Waals surface area contributed by atoms with E-state index in [9.17, 15) is 0 Å². The number of aryl methyl sites for hydroxylation is 1. The van der Waals surface area contributed by atoms with Crippen LogP contribution in [0.5, 0.6) is 0 Å². The molecular formula is C9H13N5S. The van der Waals surface area contributed by atoms with Crippen LogP contribution < -0.4 is 11.1 Å². The summed E-state index contributed by atoms with van der Waals surface area (Å²) < 4.78 is 0. The number of hydrogen-bond donors (Lipinski definition) is 2. The van der Waals surface area contributed by atoms with Gasteiger partial charge in [-0.3, -0.25) is 0 Å². The second-order valence-corrected chi connectivity index (χ2v) is 4.33. The fraction of sp³-hybridized carbons (Fsp3) is 0.444. The van der Waals surface area contributed by atoms with Crippen molar-refractivity contribution in [3.8, 4) is 0 Å². The highest BCUT2D eigenvalue weighted by Crippen LogP contribution is 2.18. The fourth-order valence-corrected chi connectivity index (χ4v) is 1.94. The van der Waals surface area contributed by atoms with Crippen LogP contribution in [-0.2, 0) is 0 Å². The number of thiazole rings is 1. The van der Waals surface area contributed by atoms with Gasteiger partial charge in [-0.2, -0.15) is 0 Å². The number of nitrogens with one attached hydrogen (secondary N) is 1. The van der Waals surface area contributed by atoms with Crippen LogP contribution in [0.4, 0.5) is 5.95 Å². The summed E-state index contributed by atoms with van der Waals surface area (Å²) in [5.41, 5.74) is 9.20. The van der Waals surface area contributed by atoms with Crippen LogP contribution in [0.3, 0.4) is 0 Å². The quantitative estimate of drug-likeness (QED) is 0.816. The van der Waals surface area contributed by atoms with Crippen molar-refractivity contribution >= 4 is 27.6 Å². The molecule has 2 rings (SSSR count). The van der Waals surface area contributed by atoms with E-state index in [1.54, 1.807) is 5.51 Å². The third kappa shape index (κ3) is 2.21. The summed E-state index contributed by atoms with van der Waals surface area (Å²) in [6.45, 7) is 4.54. The first-order chi connectivity index (χ1) is 7.16. The normalized spacial score (nSPS) is 13.0. The highest BCUT2D eigenvalue weighted by molar-refractivity contribution is 7.16. The molecule has 1 unspecified atom stereocenters. The molecule has 0 aromatic carbocycles. The molecule has 0 radical (unpaired) electrons. The van der Waals surface area contributed by atoms with Crippen molar-refractivity contribution in [1.82, 2.24) is 15.0 Å². The first kappa shape index (κ1) is 10.3. The molecule has 0 spiro atoms. The molecular weight excluding hydrogens is 210 g/mol. The number of nitrogens with zero attached hydrogens (tertiary/aromatic N) is 3. The first-order valence-corrected chi connectivity index (χ1v) is 5.62. The summed E-state index contributed by atoms with van der Waals surface area (Å²) in [5, 5.41) is 3.10. The Morgan fingerprint density at radius 1 is 1.53 bits per heavy atom. The van der Waals surface area contributed by atoms with Gasteiger partial charge < -0.3 is 11.1 Å². The Bertz CT molecular complexity index is 464. The topological polar surface area (TPSA) is 76.7 Å². The number of hydrogen-bond acceptors (Lipinski definition) is 6. The van der Waals surface area contributed by atoms with Crippen LogP contribution in [-0.4, -0.2) is 27.5 Å². The smallest absolute Gasteiger partial charge is 0.224 e. The van der Waals surface area contributed by atoms with Gasteiger partial charge in [-0.15, -0.1) is 11.3 Å². The SMILES string of the molecule is Cc1nc(NCC(C)N)nc2scnc12. The van der Waals surface area contributed by atoms with Gasteiger partial charge in [0.1, 0.15) is 10.3 Å². The predicted molar refractivity (Wildman–Crippen MR) is 62.1 cm³/mol. The number of nitrogens with two attached hydrogens (primary N) is 1. The zero-order valence-corrected chi connectivity index (χ0v) is 9.51. The minimum atomic E-state index is 0.0889. The number of rotatable bonds is 3. The Balaban J connectivity index is 2.28. The van der Waals surface area contributed by atoms with Gasteiger partial charge in [0.2, 0.25) is 5.95 Å². The number of aromatic nitrogens is 3. The highest BCUT2D eigenvalue weighted by atomic mass is 32.1. The van der Waals surface area contributed by atoms with Crippen molar-refractivity contribution in [3.63, 3.8) is 0 Å².